The van der Waals surface area contributed by atoms with Crippen molar-refractivity contribution in [1.29, 1.82) is 0 Å². The molecule has 29 heavy (non-hydrogen) atoms. The number of carboxylic acid groups (broad SMARTS) is 1. The van der Waals surface area contributed by atoms with Gasteiger partial charge in [0.05, 0.1) is 6.26 Å². The average Bonchev–Trinajstić information content (AvgIpc) is 3.23. The summed E-state index contributed by atoms with van der Waals surface area (Å²) in [6.45, 7) is 7.27. The molecule has 0 saturated carbocycles. The van der Waals surface area contributed by atoms with Crippen molar-refractivity contribution in [3.05, 3.63) is 24.2 Å². The number of esters is 1. The van der Waals surface area contributed by atoms with Gasteiger partial charge in [0.2, 0.25) is 11.7 Å². The van der Waals surface area contributed by atoms with Gasteiger partial charge < -0.3 is 24.5 Å². The van der Waals surface area contributed by atoms with E-state index in [1.54, 1.807) is 13.8 Å². The van der Waals surface area contributed by atoms with E-state index >= 15 is 0 Å². The predicted octanol–water partition coefficient (Wildman–Crippen LogP) is 1.48. The summed E-state index contributed by atoms with van der Waals surface area (Å²) in [6.07, 6.45) is 0.501. The van der Waals surface area contributed by atoms with Crippen LogP contribution in [0.2, 0.25) is 0 Å². The van der Waals surface area contributed by atoms with Gasteiger partial charge in [-0.25, -0.2) is 9.59 Å². The van der Waals surface area contributed by atoms with Crippen LogP contribution in [-0.2, 0) is 19.1 Å². The number of thioether (sulfide) groups is 1. The normalized spacial score (nSPS) is 25.9. The Labute approximate surface area is 172 Å². The van der Waals surface area contributed by atoms with Gasteiger partial charge >= 0.3 is 11.9 Å². The molecule has 4 atom stereocenters. The van der Waals surface area contributed by atoms with E-state index in [0.29, 0.717) is 0 Å². The number of hydrogen-bond donors (Lipinski definition) is 2. The van der Waals surface area contributed by atoms with Gasteiger partial charge in [-0.15, -0.1) is 11.8 Å². The number of hydrogen-bond acceptors (Lipinski definition) is 7. The first kappa shape index (κ1) is 21.2. The first-order valence-corrected chi connectivity index (χ1v) is 10.2. The lowest BCUT2D eigenvalue weighted by atomic mass is 9.95. The van der Waals surface area contributed by atoms with Crippen molar-refractivity contribution in [2.45, 2.75) is 62.4 Å². The summed E-state index contributed by atoms with van der Waals surface area (Å²) >= 11 is 1.33. The van der Waals surface area contributed by atoms with Gasteiger partial charge in [-0.3, -0.25) is 9.59 Å². The average molecular weight is 424 g/mol. The molecule has 1 aromatic heterocycles. The van der Waals surface area contributed by atoms with Crippen molar-refractivity contribution < 1.29 is 33.4 Å². The van der Waals surface area contributed by atoms with Gasteiger partial charge in [0.1, 0.15) is 17.5 Å². The fraction of sp³-hybridized carbons (Fsp3) is 0.579. The number of amides is 2. The van der Waals surface area contributed by atoms with E-state index in [9.17, 15) is 24.3 Å². The molecule has 158 valence electrons. The van der Waals surface area contributed by atoms with Crippen molar-refractivity contribution in [3.8, 4) is 0 Å². The number of aliphatic carboxylic acids is 1. The molecule has 1 aromatic rings. The van der Waals surface area contributed by atoms with Gasteiger partial charge in [-0.2, -0.15) is 0 Å². The van der Waals surface area contributed by atoms with E-state index in [-0.39, 0.29) is 18.1 Å². The summed E-state index contributed by atoms with van der Waals surface area (Å²) in [5.74, 6) is -2.84. The Kier molecular flexibility index (Phi) is 5.66. The largest absolute Gasteiger partial charge is 0.480 e. The molecule has 0 radical (unpaired) electrons. The summed E-state index contributed by atoms with van der Waals surface area (Å²) in [4.78, 5) is 50.4. The summed E-state index contributed by atoms with van der Waals surface area (Å²) in [6, 6.07) is 1.16. The van der Waals surface area contributed by atoms with Crippen molar-refractivity contribution in [2.24, 2.45) is 5.92 Å². The van der Waals surface area contributed by atoms with Crippen molar-refractivity contribution >= 4 is 35.5 Å². The van der Waals surface area contributed by atoms with Gasteiger partial charge in [0.15, 0.2) is 6.10 Å². The van der Waals surface area contributed by atoms with Crippen LogP contribution in [0.25, 0.3) is 0 Å². The summed E-state index contributed by atoms with van der Waals surface area (Å²) in [5.41, 5.74) is 0. The summed E-state index contributed by atoms with van der Waals surface area (Å²) in [5, 5.41) is 11.6. The quantitative estimate of drug-likeness (QED) is 0.498. The molecule has 1 unspecified atom stereocenters. The zero-order valence-corrected chi connectivity index (χ0v) is 17.4. The number of carboxylic acids is 1. The topological polar surface area (TPSA) is 126 Å². The molecule has 0 aliphatic carbocycles. The molecule has 10 heteroatoms. The Morgan fingerprint density at radius 3 is 2.62 bits per heavy atom. The maximum Gasteiger partial charge on any atom is 0.374 e. The Morgan fingerprint density at radius 1 is 1.38 bits per heavy atom. The highest BCUT2D eigenvalue weighted by molar-refractivity contribution is 8.01. The third-order valence-electron chi connectivity index (χ3n) is 4.92. The third-order valence-corrected chi connectivity index (χ3v) is 6.49. The molecule has 2 saturated heterocycles. The zero-order valence-electron chi connectivity index (χ0n) is 16.6. The minimum Gasteiger partial charge on any atom is -0.480 e. The highest BCUT2D eigenvalue weighted by atomic mass is 32.2. The maximum absolute atomic E-state index is 12.8. The minimum absolute atomic E-state index is 0.0187. The summed E-state index contributed by atoms with van der Waals surface area (Å²) in [7, 11) is 0. The lowest BCUT2D eigenvalue weighted by Crippen LogP contribution is -2.71. The van der Waals surface area contributed by atoms with Gasteiger partial charge in [0.25, 0.3) is 5.91 Å². The lowest BCUT2D eigenvalue weighted by molar-refractivity contribution is -0.161. The number of furan rings is 1. The fourth-order valence-electron chi connectivity index (χ4n) is 3.61. The molecule has 2 amide bonds. The SMILES string of the molecule is CC(C)CC(OC(=O)c1ccco1)C(=O)N[C@@H]1C(=O)N2[C@@H]1SC(C)(C)[C@@H]2C(=O)O. The van der Waals surface area contributed by atoms with E-state index in [4.69, 9.17) is 9.15 Å². The Bertz CT molecular complexity index is 821. The number of ether oxygens (including phenoxy) is 1. The molecule has 9 nitrogen and oxygen atoms in total. The molecule has 2 aliphatic heterocycles. The van der Waals surface area contributed by atoms with Crippen LogP contribution in [0.5, 0.6) is 0 Å². The smallest absolute Gasteiger partial charge is 0.374 e. The van der Waals surface area contributed by atoms with Crippen molar-refractivity contribution in [3.63, 3.8) is 0 Å². The van der Waals surface area contributed by atoms with Gasteiger partial charge in [-0.05, 0) is 38.3 Å². The lowest BCUT2D eigenvalue weighted by Gasteiger charge is -2.43. The highest BCUT2D eigenvalue weighted by Gasteiger charge is 2.64. The molecular formula is C19H24N2O7S. The predicted molar refractivity (Wildman–Crippen MR) is 103 cm³/mol. The molecule has 2 fully saturated rings. The van der Waals surface area contributed by atoms with Crippen LogP contribution >= 0.6 is 11.8 Å². The van der Waals surface area contributed by atoms with Crippen LogP contribution in [-0.4, -0.2) is 62.1 Å². The molecule has 2 N–H and O–H groups in total. The highest BCUT2D eigenvalue weighted by Crippen LogP contribution is 2.50. The standard InChI is InChI=1S/C19H24N2O7S/c1-9(2)8-11(28-18(26)10-6-5-7-27-10)14(22)20-12-15(23)21-13(17(24)25)19(3,4)29-16(12)21/h5-7,9,11-13,16H,8H2,1-4H3,(H,20,22)(H,24,25)/t11?,12-,13+,16-/m1/s1. The van der Waals surface area contributed by atoms with E-state index in [1.165, 1.54) is 35.1 Å². The first-order valence-electron chi connectivity index (χ1n) is 9.30. The van der Waals surface area contributed by atoms with Gasteiger partial charge in [0, 0.05) is 4.75 Å². The number of nitrogens with zero attached hydrogens (tertiary/aromatic N) is 1. The molecule has 0 aromatic carbocycles. The minimum atomic E-state index is -1.09. The van der Waals surface area contributed by atoms with Crippen molar-refractivity contribution in [2.75, 3.05) is 0 Å². The number of carbonyl (C=O) groups excluding carboxylic acids is 3. The monoisotopic (exact) mass is 424 g/mol. The van der Waals surface area contributed by atoms with Crippen LogP contribution in [0.15, 0.2) is 22.8 Å². The van der Waals surface area contributed by atoms with E-state index < -0.39 is 52.1 Å². The number of carbonyl (C=O) groups is 4. The number of β-lactam (4-membered cyclic amide) rings is 1. The van der Waals surface area contributed by atoms with Crippen LogP contribution in [0.4, 0.5) is 0 Å². The van der Waals surface area contributed by atoms with Gasteiger partial charge in [-0.1, -0.05) is 13.8 Å². The van der Waals surface area contributed by atoms with Crippen LogP contribution < -0.4 is 5.32 Å². The fourth-order valence-corrected chi connectivity index (χ4v) is 5.24. The summed E-state index contributed by atoms with van der Waals surface area (Å²) < 4.78 is 9.63. The van der Waals surface area contributed by atoms with Crippen LogP contribution in [0.1, 0.15) is 44.7 Å². The second-order valence-electron chi connectivity index (χ2n) is 8.09. The number of fused-ring (bicyclic) bond motifs is 1. The molecule has 2 aliphatic rings. The first-order chi connectivity index (χ1) is 13.5. The molecule has 0 spiro atoms. The van der Waals surface area contributed by atoms with Crippen LogP contribution in [0, 0.1) is 5.92 Å². The molecule has 3 heterocycles. The number of rotatable bonds is 7. The molecular weight excluding hydrogens is 400 g/mol. The Morgan fingerprint density at radius 2 is 2.07 bits per heavy atom. The zero-order chi connectivity index (χ0) is 21.5. The van der Waals surface area contributed by atoms with E-state index in [2.05, 4.69) is 5.32 Å². The Hall–Kier alpha value is -2.49. The second-order valence-corrected chi connectivity index (χ2v) is 9.86. The number of nitrogens with one attached hydrogen (secondary N) is 1. The third kappa shape index (κ3) is 3.98. The van der Waals surface area contributed by atoms with Crippen molar-refractivity contribution in [1.82, 2.24) is 10.2 Å². The Balaban J connectivity index is 1.69. The second kappa shape index (κ2) is 7.74. The van der Waals surface area contributed by atoms with E-state index in [1.807, 2.05) is 13.8 Å². The molecule has 0 bridgehead atoms. The van der Waals surface area contributed by atoms with Crippen LogP contribution in [0.3, 0.4) is 0 Å². The van der Waals surface area contributed by atoms with E-state index in [0.717, 1.165) is 0 Å². The maximum atomic E-state index is 12.8. The molecule has 3 rings (SSSR count).